The number of aryl methyl sites for hydroxylation is 1. The van der Waals surface area contributed by atoms with Crippen LogP contribution < -0.4 is 0 Å². The molecule has 0 spiro atoms. The lowest BCUT2D eigenvalue weighted by molar-refractivity contribution is -0.152. The zero-order chi connectivity index (χ0) is 30.1. The van der Waals surface area contributed by atoms with Gasteiger partial charge in [-0.05, 0) is 69.6 Å². The van der Waals surface area contributed by atoms with E-state index in [-0.39, 0.29) is 54.4 Å². The van der Waals surface area contributed by atoms with Gasteiger partial charge in [0.1, 0.15) is 11.9 Å². The zero-order valence-corrected chi connectivity index (χ0v) is 24.2. The van der Waals surface area contributed by atoms with E-state index in [1.54, 1.807) is 13.8 Å². The number of hydrogen-bond donors (Lipinski definition) is 2. The first-order chi connectivity index (χ1) is 19.0. The fraction of sp³-hybridized carbons (Fsp3) is 0.679. The minimum absolute atomic E-state index is 0.0976. The van der Waals surface area contributed by atoms with E-state index in [2.05, 4.69) is 28.9 Å². The van der Waals surface area contributed by atoms with Crippen LogP contribution in [0.3, 0.4) is 0 Å². The van der Waals surface area contributed by atoms with Crippen molar-refractivity contribution in [1.82, 2.24) is 24.6 Å². The Morgan fingerprint density at radius 3 is 2.34 bits per heavy atom. The molecule has 0 aromatic carbocycles. The molecule has 0 radical (unpaired) electrons. The lowest BCUT2D eigenvalue weighted by atomic mass is 9.74. The molecule has 3 aliphatic carbocycles. The van der Waals surface area contributed by atoms with Crippen LogP contribution in [0.15, 0.2) is 12.4 Å². The molecular weight excluding hydrogens is 563 g/mol. The summed E-state index contributed by atoms with van der Waals surface area (Å²) >= 11 is 6.23. The SMILES string of the molecule is Cc1ncc(Cl)c(C(O)CN(C(=O)c2cnn(C3CCC(C)(C(=O)O)CC3)c2C(F)(F)F)C2CC3C(C2)C3(C)C)n1. The smallest absolute Gasteiger partial charge is 0.433 e. The number of carboxylic acid groups (broad SMARTS) is 1. The van der Waals surface area contributed by atoms with E-state index in [1.165, 1.54) is 11.1 Å². The summed E-state index contributed by atoms with van der Waals surface area (Å²) in [5.74, 6) is -0.785. The van der Waals surface area contributed by atoms with Gasteiger partial charge in [-0.3, -0.25) is 14.3 Å². The number of aliphatic hydroxyl groups is 1. The molecule has 224 valence electrons. The van der Waals surface area contributed by atoms with Crippen LogP contribution in [0.1, 0.15) is 99.0 Å². The maximum absolute atomic E-state index is 14.6. The predicted octanol–water partition coefficient (Wildman–Crippen LogP) is 5.47. The van der Waals surface area contributed by atoms with E-state index < -0.39 is 46.9 Å². The average molecular weight is 598 g/mol. The summed E-state index contributed by atoms with van der Waals surface area (Å²) in [4.78, 5) is 35.2. The van der Waals surface area contributed by atoms with Gasteiger partial charge >= 0.3 is 12.1 Å². The molecule has 3 atom stereocenters. The molecule has 2 aromatic heterocycles. The van der Waals surface area contributed by atoms with Crippen molar-refractivity contribution in [3.05, 3.63) is 40.2 Å². The molecular formula is C28H35ClF3N5O4. The van der Waals surface area contributed by atoms with Gasteiger partial charge in [-0.15, -0.1) is 0 Å². The normalized spacial score (nSPS) is 29.6. The summed E-state index contributed by atoms with van der Waals surface area (Å²) in [5, 5.41) is 24.8. The Morgan fingerprint density at radius 2 is 1.78 bits per heavy atom. The van der Waals surface area contributed by atoms with Crippen molar-refractivity contribution in [3.63, 3.8) is 0 Å². The second kappa shape index (κ2) is 10.2. The molecule has 0 saturated heterocycles. The molecule has 1 amide bonds. The Labute approximate surface area is 241 Å². The Morgan fingerprint density at radius 1 is 1.17 bits per heavy atom. The molecule has 3 saturated carbocycles. The lowest BCUT2D eigenvalue weighted by Gasteiger charge is -2.35. The van der Waals surface area contributed by atoms with E-state index in [4.69, 9.17) is 11.6 Å². The van der Waals surface area contributed by atoms with E-state index in [9.17, 15) is 33.0 Å². The summed E-state index contributed by atoms with van der Waals surface area (Å²) in [5.41, 5.74) is -2.52. The number of aromatic nitrogens is 4. The Bertz CT molecular complexity index is 1340. The highest BCUT2D eigenvalue weighted by Gasteiger charge is 2.63. The van der Waals surface area contributed by atoms with Crippen molar-refractivity contribution in [2.45, 2.75) is 90.6 Å². The van der Waals surface area contributed by atoms with Crippen LogP contribution in [-0.2, 0) is 11.0 Å². The third-order valence-corrected chi connectivity index (χ3v) is 10.1. The van der Waals surface area contributed by atoms with Crippen LogP contribution in [0.2, 0.25) is 5.02 Å². The predicted molar refractivity (Wildman–Crippen MR) is 142 cm³/mol. The number of hydrogen-bond acceptors (Lipinski definition) is 6. The van der Waals surface area contributed by atoms with Gasteiger partial charge < -0.3 is 15.1 Å². The number of nitrogens with zero attached hydrogens (tertiary/aromatic N) is 5. The van der Waals surface area contributed by atoms with Crippen LogP contribution in [-0.4, -0.2) is 59.3 Å². The first-order valence-corrected chi connectivity index (χ1v) is 14.3. The van der Waals surface area contributed by atoms with Crippen molar-refractivity contribution in [1.29, 1.82) is 0 Å². The van der Waals surface area contributed by atoms with E-state index in [0.29, 0.717) is 30.5 Å². The topological polar surface area (TPSA) is 121 Å². The fourth-order valence-electron chi connectivity index (χ4n) is 7.04. The number of carboxylic acids is 1. The Balaban J connectivity index is 1.47. The highest BCUT2D eigenvalue weighted by atomic mass is 35.5. The quantitative estimate of drug-likeness (QED) is 0.434. The summed E-state index contributed by atoms with van der Waals surface area (Å²) in [7, 11) is 0. The highest BCUT2D eigenvalue weighted by Crippen LogP contribution is 2.67. The second-order valence-electron chi connectivity index (χ2n) is 12.7. The number of halogens is 4. The second-order valence-corrected chi connectivity index (χ2v) is 13.1. The van der Waals surface area contributed by atoms with E-state index in [0.717, 1.165) is 10.9 Å². The average Bonchev–Trinajstić information content (AvgIpc) is 3.32. The van der Waals surface area contributed by atoms with Crippen molar-refractivity contribution in [3.8, 4) is 0 Å². The van der Waals surface area contributed by atoms with Crippen LogP contribution in [0, 0.1) is 29.6 Å². The van der Waals surface area contributed by atoms with E-state index in [1.807, 2.05) is 0 Å². The molecule has 0 aliphatic heterocycles. The van der Waals surface area contributed by atoms with Gasteiger partial charge in [0.05, 0.1) is 40.5 Å². The largest absolute Gasteiger partial charge is 0.481 e. The fourth-order valence-corrected chi connectivity index (χ4v) is 7.26. The maximum atomic E-state index is 14.6. The summed E-state index contributed by atoms with van der Waals surface area (Å²) < 4.78 is 44.5. The number of rotatable bonds is 7. The molecule has 3 aliphatic rings. The van der Waals surface area contributed by atoms with Gasteiger partial charge in [0.15, 0.2) is 5.69 Å². The molecule has 0 bridgehead atoms. The molecule has 2 N–H and O–H groups in total. The van der Waals surface area contributed by atoms with Crippen LogP contribution in [0.5, 0.6) is 0 Å². The number of aliphatic hydroxyl groups excluding tert-OH is 1. The number of carbonyl (C=O) groups is 2. The van der Waals surface area contributed by atoms with Crippen molar-refractivity contribution >= 4 is 23.5 Å². The minimum atomic E-state index is -4.88. The van der Waals surface area contributed by atoms with Gasteiger partial charge in [0.2, 0.25) is 0 Å². The van der Waals surface area contributed by atoms with Gasteiger partial charge in [0.25, 0.3) is 5.91 Å². The standard InChI is InChI=1S/C28H35ClF3N5O4/c1-14-33-12-20(29)22(35-14)21(38)13-36(16-9-18-19(10-16)26(18,2)3)24(39)17-11-34-37(23(17)28(30,31)32)15-5-7-27(4,8-6-15)25(40)41/h11-12,15-16,18-19,21,38H,5-10,13H2,1-4H3,(H,40,41). The minimum Gasteiger partial charge on any atom is -0.481 e. The Hall–Kier alpha value is -2.73. The van der Waals surface area contributed by atoms with Crippen LogP contribution in [0.25, 0.3) is 0 Å². The first kappa shape index (κ1) is 29.8. The third kappa shape index (κ3) is 5.33. The third-order valence-electron chi connectivity index (χ3n) is 9.83. The maximum Gasteiger partial charge on any atom is 0.433 e. The van der Waals surface area contributed by atoms with Gasteiger partial charge in [-0.25, -0.2) is 9.97 Å². The number of amides is 1. The van der Waals surface area contributed by atoms with Crippen molar-refractivity contribution in [2.75, 3.05) is 6.54 Å². The molecule has 3 unspecified atom stereocenters. The van der Waals surface area contributed by atoms with Gasteiger partial charge in [0, 0.05) is 12.2 Å². The molecule has 2 heterocycles. The summed E-state index contributed by atoms with van der Waals surface area (Å²) in [6.07, 6.45) is -1.90. The summed E-state index contributed by atoms with van der Waals surface area (Å²) in [6.45, 7) is 7.22. The van der Waals surface area contributed by atoms with Crippen molar-refractivity contribution in [2.24, 2.45) is 22.7 Å². The number of carbonyl (C=O) groups excluding carboxylic acids is 1. The molecule has 2 aromatic rings. The molecule has 13 heteroatoms. The van der Waals surface area contributed by atoms with Crippen LogP contribution >= 0.6 is 11.6 Å². The number of aliphatic carboxylic acids is 1. The van der Waals surface area contributed by atoms with E-state index >= 15 is 0 Å². The van der Waals surface area contributed by atoms with Gasteiger partial charge in [-0.1, -0.05) is 25.4 Å². The molecule has 41 heavy (non-hydrogen) atoms. The monoisotopic (exact) mass is 597 g/mol. The van der Waals surface area contributed by atoms with Crippen molar-refractivity contribution < 1.29 is 33.0 Å². The first-order valence-electron chi connectivity index (χ1n) is 13.9. The number of alkyl halides is 3. The number of fused-ring (bicyclic) bond motifs is 1. The zero-order valence-electron chi connectivity index (χ0n) is 23.5. The highest BCUT2D eigenvalue weighted by molar-refractivity contribution is 6.31. The Kier molecular flexibility index (Phi) is 7.41. The lowest BCUT2D eigenvalue weighted by Crippen LogP contribution is -2.43. The molecule has 5 rings (SSSR count). The summed E-state index contributed by atoms with van der Waals surface area (Å²) in [6, 6.07) is -1.06. The molecule has 3 fully saturated rings. The molecule has 9 nitrogen and oxygen atoms in total. The van der Waals surface area contributed by atoms with Crippen LogP contribution in [0.4, 0.5) is 13.2 Å². The van der Waals surface area contributed by atoms with Gasteiger partial charge in [-0.2, -0.15) is 18.3 Å².